The minimum Gasteiger partial charge on any atom is -0.356 e. The molecule has 1 saturated heterocycles. The molecule has 27 heavy (non-hydrogen) atoms. The number of hydrogen-bond donors (Lipinski definition) is 2. The van der Waals surface area contributed by atoms with Crippen LogP contribution in [0.15, 0.2) is 42.5 Å². The third kappa shape index (κ3) is 4.66. The SMILES string of the molecule is CCC(NC(=S)Nc1cccc(N2CCCC2=O)c1)c1ccc(C)cc1C. The monoisotopic (exact) mass is 381 g/mol. The van der Waals surface area contributed by atoms with Gasteiger partial charge in [0.25, 0.3) is 0 Å². The molecule has 0 aliphatic carbocycles. The van der Waals surface area contributed by atoms with E-state index < -0.39 is 0 Å². The molecule has 1 fully saturated rings. The molecule has 2 aromatic carbocycles. The van der Waals surface area contributed by atoms with Crippen molar-refractivity contribution in [2.45, 2.75) is 46.1 Å². The summed E-state index contributed by atoms with van der Waals surface area (Å²) in [7, 11) is 0. The molecule has 0 spiro atoms. The smallest absolute Gasteiger partial charge is 0.227 e. The third-order valence-electron chi connectivity index (χ3n) is 5.00. The van der Waals surface area contributed by atoms with Crippen molar-refractivity contribution < 1.29 is 4.79 Å². The number of hydrogen-bond acceptors (Lipinski definition) is 2. The standard InChI is InChI=1S/C22H27N3OS/c1-4-20(19-11-10-15(2)13-16(19)3)24-22(27)23-17-7-5-8-18(14-17)25-12-6-9-21(25)26/h5,7-8,10-11,13-14,20H,4,6,9,12H2,1-3H3,(H2,23,24,27). The minimum absolute atomic E-state index is 0.161. The van der Waals surface area contributed by atoms with Crippen molar-refractivity contribution in [1.29, 1.82) is 0 Å². The van der Waals surface area contributed by atoms with E-state index in [2.05, 4.69) is 49.6 Å². The van der Waals surface area contributed by atoms with E-state index in [1.54, 1.807) is 0 Å². The van der Waals surface area contributed by atoms with Gasteiger partial charge in [-0.05, 0) is 68.2 Å². The van der Waals surface area contributed by atoms with Gasteiger partial charge in [0.2, 0.25) is 5.91 Å². The molecule has 5 heteroatoms. The lowest BCUT2D eigenvalue weighted by Gasteiger charge is -2.22. The van der Waals surface area contributed by atoms with Gasteiger partial charge in [-0.25, -0.2) is 0 Å². The van der Waals surface area contributed by atoms with Crippen LogP contribution in [-0.4, -0.2) is 17.6 Å². The molecule has 0 aromatic heterocycles. The summed E-state index contributed by atoms with van der Waals surface area (Å²) in [6.07, 6.45) is 2.49. The van der Waals surface area contributed by atoms with Crippen molar-refractivity contribution in [3.05, 3.63) is 59.2 Å². The average Bonchev–Trinajstić information content (AvgIpc) is 3.06. The number of rotatable bonds is 5. The van der Waals surface area contributed by atoms with Gasteiger partial charge in [0.05, 0.1) is 6.04 Å². The first-order valence-electron chi connectivity index (χ1n) is 9.53. The summed E-state index contributed by atoms with van der Waals surface area (Å²) < 4.78 is 0. The molecule has 4 nitrogen and oxygen atoms in total. The lowest BCUT2D eigenvalue weighted by molar-refractivity contribution is -0.117. The lowest BCUT2D eigenvalue weighted by Crippen LogP contribution is -2.32. The zero-order valence-corrected chi connectivity index (χ0v) is 17.0. The van der Waals surface area contributed by atoms with Crippen LogP contribution in [-0.2, 0) is 4.79 Å². The van der Waals surface area contributed by atoms with Crippen LogP contribution in [0.5, 0.6) is 0 Å². The Hall–Kier alpha value is -2.40. The predicted octanol–water partition coefficient (Wildman–Crippen LogP) is 4.87. The molecule has 1 unspecified atom stereocenters. The summed E-state index contributed by atoms with van der Waals surface area (Å²) in [5.41, 5.74) is 5.61. The number of thiocarbonyl (C=S) groups is 1. The second-order valence-corrected chi connectivity index (χ2v) is 7.53. The number of aryl methyl sites for hydroxylation is 2. The first kappa shape index (κ1) is 19.4. The number of carbonyl (C=O) groups excluding carboxylic acids is 1. The Balaban J connectivity index is 1.68. The van der Waals surface area contributed by atoms with Crippen molar-refractivity contribution >= 4 is 34.6 Å². The molecular formula is C22H27N3OS. The van der Waals surface area contributed by atoms with E-state index in [9.17, 15) is 4.79 Å². The molecule has 3 rings (SSSR count). The molecule has 1 aliphatic rings. The Morgan fingerprint density at radius 2 is 2.04 bits per heavy atom. The Bertz CT molecular complexity index is 849. The molecule has 1 aliphatic heterocycles. The van der Waals surface area contributed by atoms with Crippen LogP contribution in [0.1, 0.15) is 48.9 Å². The highest BCUT2D eigenvalue weighted by Gasteiger charge is 2.21. The number of carbonyl (C=O) groups is 1. The quantitative estimate of drug-likeness (QED) is 0.726. The third-order valence-corrected chi connectivity index (χ3v) is 5.22. The molecule has 1 amide bonds. The first-order valence-corrected chi connectivity index (χ1v) is 9.94. The fourth-order valence-corrected chi connectivity index (χ4v) is 3.87. The van der Waals surface area contributed by atoms with Gasteiger partial charge in [0.1, 0.15) is 0 Å². The molecule has 2 N–H and O–H groups in total. The van der Waals surface area contributed by atoms with E-state index in [0.29, 0.717) is 11.5 Å². The van der Waals surface area contributed by atoms with Crippen LogP contribution in [0.25, 0.3) is 0 Å². The Kier molecular flexibility index (Phi) is 6.11. The first-order chi connectivity index (χ1) is 13.0. The van der Waals surface area contributed by atoms with Gasteiger partial charge in [-0.15, -0.1) is 0 Å². The van der Waals surface area contributed by atoms with Crippen molar-refractivity contribution in [1.82, 2.24) is 5.32 Å². The van der Waals surface area contributed by atoms with Crippen LogP contribution >= 0.6 is 12.2 Å². The van der Waals surface area contributed by atoms with E-state index >= 15 is 0 Å². The molecule has 0 bridgehead atoms. The minimum atomic E-state index is 0.161. The summed E-state index contributed by atoms with van der Waals surface area (Å²) >= 11 is 5.55. The largest absolute Gasteiger partial charge is 0.356 e. The molecule has 0 saturated carbocycles. The number of nitrogens with one attached hydrogen (secondary N) is 2. The van der Waals surface area contributed by atoms with Crippen molar-refractivity contribution in [2.75, 3.05) is 16.8 Å². The number of nitrogens with zero attached hydrogens (tertiary/aromatic N) is 1. The molecule has 0 radical (unpaired) electrons. The second-order valence-electron chi connectivity index (χ2n) is 7.12. The summed E-state index contributed by atoms with van der Waals surface area (Å²) in [6, 6.07) is 14.5. The van der Waals surface area contributed by atoms with E-state index in [1.165, 1.54) is 16.7 Å². The normalized spacial score (nSPS) is 14.9. The summed E-state index contributed by atoms with van der Waals surface area (Å²) in [5.74, 6) is 0.189. The molecule has 1 heterocycles. The zero-order valence-electron chi connectivity index (χ0n) is 16.2. The zero-order chi connectivity index (χ0) is 19.4. The fourth-order valence-electron chi connectivity index (χ4n) is 3.61. The summed E-state index contributed by atoms with van der Waals surface area (Å²) in [6.45, 7) is 7.18. The van der Waals surface area contributed by atoms with Gasteiger partial charge in [-0.3, -0.25) is 4.79 Å². The number of benzene rings is 2. The Morgan fingerprint density at radius 1 is 1.22 bits per heavy atom. The predicted molar refractivity (Wildman–Crippen MR) is 116 cm³/mol. The maximum atomic E-state index is 12.0. The van der Waals surface area contributed by atoms with Crippen LogP contribution in [0.4, 0.5) is 11.4 Å². The van der Waals surface area contributed by atoms with Gasteiger partial charge in [-0.2, -0.15) is 0 Å². The molecular weight excluding hydrogens is 354 g/mol. The van der Waals surface area contributed by atoms with Gasteiger partial charge in [0.15, 0.2) is 5.11 Å². The van der Waals surface area contributed by atoms with Crippen LogP contribution < -0.4 is 15.5 Å². The maximum Gasteiger partial charge on any atom is 0.227 e. The van der Waals surface area contributed by atoms with Crippen molar-refractivity contribution in [2.24, 2.45) is 0 Å². The average molecular weight is 382 g/mol. The highest BCUT2D eigenvalue weighted by molar-refractivity contribution is 7.80. The maximum absolute atomic E-state index is 12.0. The van der Waals surface area contributed by atoms with E-state index in [-0.39, 0.29) is 11.9 Å². The van der Waals surface area contributed by atoms with Gasteiger partial charge >= 0.3 is 0 Å². The van der Waals surface area contributed by atoms with E-state index in [4.69, 9.17) is 12.2 Å². The summed E-state index contributed by atoms with van der Waals surface area (Å²) in [5, 5.41) is 7.29. The number of anilines is 2. The van der Waals surface area contributed by atoms with Crippen LogP contribution in [0.3, 0.4) is 0 Å². The topological polar surface area (TPSA) is 44.4 Å². The highest BCUT2D eigenvalue weighted by Crippen LogP contribution is 2.25. The molecule has 1 atom stereocenters. The molecule has 2 aromatic rings. The summed E-state index contributed by atoms with van der Waals surface area (Å²) in [4.78, 5) is 13.8. The highest BCUT2D eigenvalue weighted by atomic mass is 32.1. The van der Waals surface area contributed by atoms with Gasteiger partial charge < -0.3 is 15.5 Å². The number of amides is 1. The van der Waals surface area contributed by atoms with Crippen LogP contribution in [0, 0.1) is 13.8 Å². The Labute approximate surface area is 167 Å². The van der Waals surface area contributed by atoms with E-state index in [0.717, 1.165) is 30.8 Å². The van der Waals surface area contributed by atoms with Crippen molar-refractivity contribution in [3.63, 3.8) is 0 Å². The lowest BCUT2D eigenvalue weighted by atomic mass is 9.98. The van der Waals surface area contributed by atoms with Crippen LogP contribution in [0.2, 0.25) is 0 Å². The fraction of sp³-hybridized carbons (Fsp3) is 0.364. The van der Waals surface area contributed by atoms with Gasteiger partial charge in [-0.1, -0.05) is 36.8 Å². The Morgan fingerprint density at radius 3 is 2.70 bits per heavy atom. The van der Waals surface area contributed by atoms with E-state index in [1.807, 2.05) is 29.2 Å². The second kappa shape index (κ2) is 8.53. The van der Waals surface area contributed by atoms with Gasteiger partial charge in [0, 0.05) is 24.3 Å². The molecule has 142 valence electrons. The van der Waals surface area contributed by atoms with Crippen molar-refractivity contribution in [3.8, 4) is 0 Å².